The molecule has 316 valence electrons. The largest absolute Gasteiger partial charge is 0.490 e. The van der Waals surface area contributed by atoms with Crippen LogP contribution in [0.1, 0.15) is 13.2 Å². The third-order valence-electron chi connectivity index (χ3n) is 8.32. The second-order valence-electron chi connectivity index (χ2n) is 12.2. The van der Waals surface area contributed by atoms with Crippen LogP contribution in [0.3, 0.4) is 0 Å². The number of ether oxygens (including phenoxy) is 3. The first kappa shape index (κ1) is 44.0. The highest BCUT2D eigenvalue weighted by Gasteiger charge is 2.47. The number of nitrogens with two attached hydrogens (primary N) is 2. The monoisotopic (exact) mass is 863 g/mol. The number of anilines is 1. The van der Waals surface area contributed by atoms with Crippen molar-refractivity contribution in [2.45, 2.75) is 43.8 Å². The molecule has 2 aromatic heterocycles. The van der Waals surface area contributed by atoms with Crippen molar-refractivity contribution in [3.63, 3.8) is 0 Å². The van der Waals surface area contributed by atoms with Crippen LogP contribution in [0.5, 0.6) is 0 Å². The van der Waals surface area contributed by atoms with Gasteiger partial charge in [0.2, 0.25) is 5.95 Å². The summed E-state index contributed by atoms with van der Waals surface area (Å²) in [5, 5.41) is 36.8. The molecule has 13 N–H and O–H groups in total. The zero-order valence-corrected chi connectivity index (χ0v) is 32.4. The number of morpholine rings is 1. The fraction of sp³-hybridized carbons (Fsp3) is 0.680. The second-order valence-corrected chi connectivity index (χ2v) is 16.8. The van der Waals surface area contributed by atoms with Crippen LogP contribution in [0.2, 0.25) is 0 Å². The number of fused-ring (bicyclic) bond motifs is 1. The van der Waals surface area contributed by atoms with E-state index in [1.54, 1.807) is 16.8 Å². The van der Waals surface area contributed by atoms with E-state index in [4.69, 9.17) is 30.2 Å². The number of nitrogens with one attached hydrogen (secondary N) is 3. The molecule has 31 heteroatoms. The number of hydrogen-bond donors (Lipinski definition) is 11. The van der Waals surface area contributed by atoms with E-state index in [2.05, 4.69) is 43.7 Å². The van der Waals surface area contributed by atoms with Gasteiger partial charge in [0, 0.05) is 33.2 Å². The summed E-state index contributed by atoms with van der Waals surface area (Å²) in [5.74, 6) is 0.219. The van der Waals surface area contributed by atoms with E-state index in [0.29, 0.717) is 18.1 Å². The maximum absolute atomic E-state index is 12.8. The number of rotatable bonds is 17. The van der Waals surface area contributed by atoms with Crippen LogP contribution in [-0.2, 0) is 45.6 Å². The maximum atomic E-state index is 12.8. The molecule has 0 aliphatic carbocycles. The Hall–Kier alpha value is -3.11. The van der Waals surface area contributed by atoms with Crippen molar-refractivity contribution in [3.8, 4) is 0 Å². The van der Waals surface area contributed by atoms with Crippen molar-refractivity contribution < 1.29 is 75.6 Å². The van der Waals surface area contributed by atoms with Gasteiger partial charge in [-0.05, 0) is 6.92 Å². The Morgan fingerprint density at radius 1 is 1.05 bits per heavy atom. The summed E-state index contributed by atoms with van der Waals surface area (Å²) >= 11 is 0. The first-order chi connectivity index (χ1) is 26.4. The fourth-order valence-electron chi connectivity index (χ4n) is 5.88. The van der Waals surface area contributed by atoms with Gasteiger partial charge in [-0.25, -0.2) is 23.7 Å². The lowest BCUT2D eigenvalue weighted by Crippen LogP contribution is -2.57. The second kappa shape index (κ2) is 18.2. The van der Waals surface area contributed by atoms with Gasteiger partial charge in [0.05, 0.1) is 44.6 Å². The Morgan fingerprint density at radius 3 is 2.41 bits per heavy atom. The maximum Gasteiger partial charge on any atom is 0.490 e. The van der Waals surface area contributed by atoms with Crippen LogP contribution in [0.4, 0.5) is 5.95 Å². The Labute approximate surface area is 316 Å². The van der Waals surface area contributed by atoms with Gasteiger partial charge < -0.3 is 71.2 Å². The number of phosphoric ester groups is 2. The summed E-state index contributed by atoms with van der Waals surface area (Å²) in [5.41, 5.74) is 11.1. The van der Waals surface area contributed by atoms with Gasteiger partial charge in [-0.3, -0.25) is 28.3 Å². The molecule has 0 spiro atoms. The van der Waals surface area contributed by atoms with Crippen LogP contribution >= 0.6 is 23.5 Å². The molecule has 0 bridgehead atoms. The summed E-state index contributed by atoms with van der Waals surface area (Å²) < 4.78 is 74.2. The van der Waals surface area contributed by atoms with E-state index in [-0.39, 0.29) is 62.7 Å². The molecule has 5 heterocycles. The van der Waals surface area contributed by atoms with Crippen molar-refractivity contribution in [2.75, 3.05) is 72.1 Å². The van der Waals surface area contributed by atoms with Gasteiger partial charge in [-0.15, -0.1) is 0 Å². The highest BCUT2D eigenvalue weighted by molar-refractivity contribution is 7.66. The molecule has 0 saturated carbocycles. The minimum absolute atomic E-state index is 0.0160. The number of aliphatic hydroxyl groups excluding tert-OH is 3. The van der Waals surface area contributed by atoms with E-state index in [9.17, 15) is 48.5 Å². The molecule has 2 fully saturated rings. The molecule has 2 saturated heterocycles. The number of aliphatic hydroxyl groups is 3. The van der Waals surface area contributed by atoms with Gasteiger partial charge in [-0.2, -0.15) is 13.6 Å². The van der Waals surface area contributed by atoms with Gasteiger partial charge in [0.1, 0.15) is 37.1 Å². The lowest BCUT2D eigenvalue weighted by Gasteiger charge is -2.44. The van der Waals surface area contributed by atoms with Crippen LogP contribution in [0.15, 0.2) is 27.6 Å². The normalized spacial score (nSPS) is 28.4. The number of guanidine groups is 1. The van der Waals surface area contributed by atoms with E-state index in [1.165, 1.54) is 0 Å². The van der Waals surface area contributed by atoms with E-state index >= 15 is 0 Å². The zero-order valence-electron chi connectivity index (χ0n) is 29.8. The molecule has 2 aromatic rings. The topological polar surface area (TPSA) is 396 Å². The number of likely N-dealkylation sites (N-methyl/N-ethyl adjacent to an activating group) is 2. The van der Waals surface area contributed by atoms with Crippen LogP contribution in [-0.4, -0.2) is 162 Å². The summed E-state index contributed by atoms with van der Waals surface area (Å²) in [4.78, 5) is 60.3. The number of imidazole rings is 1. The van der Waals surface area contributed by atoms with E-state index in [0.717, 1.165) is 10.9 Å². The molecule has 0 aromatic carbocycles. The number of nitrogens with zero attached hydrogens (tertiary/aromatic N) is 6. The number of β-amino-alcohol motifs (C(OH)–C–C–N with tert-alkyl or cyclic N) is 1. The molecule has 5 rings (SSSR count). The molecular formula is C25H44N11O17P3. The average Bonchev–Trinajstić information content (AvgIpc) is 3.64. The van der Waals surface area contributed by atoms with Crippen LogP contribution < -0.4 is 27.7 Å². The molecule has 0 radical (unpaired) electrons. The predicted octanol–water partition coefficient (Wildman–Crippen LogP) is -3.69. The molecule has 3 aliphatic heterocycles. The Kier molecular flexibility index (Phi) is 14.3. The lowest BCUT2D eigenvalue weighted by atomic mass is 10.1. The number of phosphoric acid groups is 3. The summed E-state index contributed by atoms with van der Waals surface area (Å²) in [6.45, 7) is 0.749. The quantitative estimate of drug-likeness (QED) is 0.0682. The first-order valence-electron chi connectivity index (χ1n) is 16.6. The molecular weight excluding hydrogens is 819 g/mol. The minimum Gasteiger partial charge on any atom is -0.395 e. The SMILES string of the molecule is CCN(C1=C(NC)COCN=C(N)N1)C1CN(CCO)C[C@@H](COP(=O)(O)OP(=O)(O)OP(=O)(O)OCC2OC(n3cnc4c(=O)[nH]c(N)nc43)[C@H](O)[C@@H]2O)O1. The van der Waals surface area contributed by atoms with Crippen LogP contribution in [0.25, 0.3) is 11.2 Å². The summed E-state index contributed by atoms with van der Waals surface area (Å²) in [6, 6.07) is 0. The molecule has 9 atom stereocenters. The molecule has 28 nitrogen and oxygen atoms in total. The van der Waals surface area contributed by atoms with Crippen LogP contribution in [0, 0.1) is 0 Å². The summed E-state index contributed by atoms with van der Waals surface area (Å²) in [7, 11) is -15.4. The van der Waals surface area contributed by atoms with Gasteiger partial charge in [-0.1, -0.05) is 0 Å². The molecule has 0 amide bonds. The van der Waals surface area contributed by atoms with Gasteiger partial charge in [0.15, 0.2) is 23.4 Å². The number of nitrogen functional groups attached to an aromatic ring is 1. The van der Waals surface area contributed by atoms with Crippen molar-refractivity contribution in [3.05, 3.63) is 28.2 Å². The average molecular weight is 864 g/mol. The Bertz CT molecular complexity index is 1970. The predicted molar refractivity (Wildman–Crippen MR) is 188 cm³/mol. The molecule has 6 unspecified atom stereocenters. The third kappa shape index (κ3) is 10.9. The van der Waals surface area contributed by atoms with E-state index < -0.39 is 79.1 Å². The lowest BCUT2D eigenvalue weighted by molar-refractivity contribution is -0.154. The van der Waals surface area contributed by atoms with Crippen molar-refractivity contribution in [1.29, 1.82) is 0 Å². The number of hydrogen-bond acceptors (Lipinski definition) is 23. The molecule has 56 heavy (non-hydrogen) atoms. The molecule has 3 aliphatic rings. The minimum atomic E-state index is -5.92. The summed E-state index contributed by atoms with van der Waals surface area (Å²) in [6.07, 6.45) is -7.31. The van der Waals surface area contributed by atoms with Crippen molar-refractivity contribution >= 4 is 46.5 Å². The highest BCUT2D eigenvalue weighted by Crippen LogP contribution is 2.67. The Balaban J connectivity index is 1.18. The third-order valence-corrected chi connectivity index (χ3v) is 12.6. The number of aliphatic imine (C=N–C) groups is 1. The van der Waals surface area contributed by atoms with Crippen molar-refractivity contribution in [2.24, 2.45) is 10.7 Å². The number of aromatic amines is 1. The fourth-order valence-corrected chi connectivity index (χ4v) is 9.42. The highest BCUT2D eigenvalue weighted by atomic mass is 31.3. The van der Waals surface area contributed by atoms with E-state index in [1.807, 2.05) is 6.92 Å². The zero-order chi connectivity index (χ0) is 41.0. The number of aromatic nitrogens is 4. The standard InChI is InChI=1S/C25H44N11O17P3/c1-3-35(20-14(28-2)9-47-12-30-24(26)31-20)16-7-34(4-5-37)6-13(50-16)8-48-54(41,42)52-56(45,46)53-55(43,44)49-10-15-18(38)19(39)23(51-15)36-11-29-17-21(36)32-25(27)33-22(17)40/h11,13,15-16,18-19,23,28,37-39H,3-10,12H2,1-2H3,(H,41,42)(H,43,44)(H,45,46)(H3,26,30,31)(H3,27,32,33,40)/t13-,15?,16?,18+,19+,23?/m0/s1. The smallest absolute Gasteiger partial charge is 0.395 e. The van der Waals surface area contributed by atoms with Crippen molar-refractivity contribution in [1.82, 2.24) is 40.0 Å². The van der Waals surface area contributed by atoms with Gasteiger partial charge in [0.25, 0.3) is 5.56 Å². The Morgan fingerprint density at radius 2 is 1.75 bits per heavy atom. The van der Waals surface area contributed by atoms with Gasteiger partial charge >= 0.3 is 23.5 Å². The number of H-pyrrole nitrogens is 1. The first-order valence-corrected chi connectivity index (χ1v) is 21.1.